The van der Waals surface area contributed by atoms with Crippen LogP contribution < -0.4 is 15.5 Å². The maximum absolute atomic E-state index is 13.1. The first-order valence-corrected chi connectivity index (χ1v) is 13.1. The third-order valence-electron chi connectivity index (χ3n) is 8.46. The van der Waals surface area contributed by atoms with Crippen molar-refractivity contribution in [3.8, 4) is 0 Å². The minimum Gasteiger partial charge on any atom is -0.367 e. The Morgan fingerprint density at radius 3 is 2.30 bits per heavy atom. The molecule has 0 aromatic heterocycles. The molecule has 4 aliphatic carbocycles. The number of hydrogen-bond acceptors (Lipinski definition) is 4. The topological polar surface area (TPSA) is 64.7 Å². The van der Waals surface area contributed by atoms with Gasteiger partial charge < -0.3 is 20.4 Å². The van der Waals surface area contributed by atoms with Crippen LogP contribution in [0.2, 0.25) is 5.02 Å². The van der Waals surface area contributed by atoms with Crippen LogP contribution in [-0.4, -0.2) is 56.5 Å². The molecule has 33 heavy (non-hydrogen) atoms. The molecular formula is C26H37ClN4O2. The molecule has 6 rings (SSSR count). The number of halogens is 1. The van der Waals surface area contributed by atoms with Crippen molar-refractivity contribution in [2.75, 3.05) is 50.0 Å². The fourth-order valence-electron chi connectivity index (χ4n) is 7.17. The predicted octanol–water partition coefficient (Wildman–Crippen LogP) is 4.14. The summed E-state index contributed by atoms with van der Waals surface area (Å²) in [6.07, 6.45) is 8.29. The maximum Gasteiger partial charge on any atom is 0.226 e. The van der Waals surface area contributed by atoms with Gasteiger partial charge >= 0.3 is 0 Å². The van der Waals surface area contributed by atoms with E-state index in [0.29, 0.717) is 24.4 Å². The summed E-state index contributed by atoms with van der Waals surface area (Å²) in [4.78, 5) is 30.4. The van der Waals surface area contributed by atoms with Gasteiger partial charge in [0.05, 0.1) is 11.4 Å². The van der Waals surface area contributed by atoms with E-state index in [1.165, 1.54) is 19.3 Å². The second-order valence-corrected chi connectivity index (χ2v) is 11.5. The van der Waals surface area contributed by atoms with Crippen molar-refractivity contribution in [1.82, 2.24) is 10.2 Å². The van der Waals surface area contributed by atoms with Crippen LogP contribution in [0, 0.1) is 23.2 Å². The third-order valence-corrected chi connectivity index (χ3v) is 8.70. The van der Waals surface area contributed by atoms with Gasteiger partial charge in [0.2, 0.25) is 11.8 Å². The molecule has 0 atom stereocenters. The molecule has 1 heterocycles. The summed E-state index contributed by atoms with van der Waals surface area (Å²) < 4.78 is 0. The molecule has 180 valence electrons. The number of nitrogens with one attached hydrogen (secondary N) is 2. The second-order valence-electron chi connectivity index (χ2n) is 11.1. The van der Waals surface area contributed by atoms with E-state index in [1.807, 2.05) is 18.2 Å². The first-order valence-electron chi connectivity index (χ1n) is 12.7. The molecule has 0 unspecified atom stereocenters. The minimum absolute atomic E-state index is 0.0308. The fourth-order valence-corrected chi connectivity index (χ4v) is 7.34. The van der Waals surface area contributed by atoms with Gasteiger partial charge in [0.25, 0.3) is 0 Å². The Kier molecular flexibility index (Phi) is 6.58. The summed E-state index contributed by atoms with van der Waals surface area (Å²) in [5.74, 6) is 2.51. The normalized spacial score (nSPS) is 31.0. The van der Waals surface area contributed by atoms with E-state index in [2.05, 4.69) is 27.5 Å². The van der Waals surface area contributed by atoms with Gasteiger partial charge in [-0.15, -0.1) is 0 Å². The van der Waals surface area contributed by atoms with Gasteiger partial charge in [-0.05, 0) is 87.9 Å². The van der Waals surface area contributed by atoms with Crippen molar-refractivity contribution >= 4 is 34.8 Å². The van der Waals surface area contributed by atoms with Crippen LogP contribution in [0.5, 0.6) is 0 Å². The zero-order valence-corrected chi connectivity index (χ0v) is 20.5. The van der Waals surface area contributed by atoms with Crippen LogP contribution in [0.15, 0.2) is 18.2 Å². The molecule has 4 bridgehead atoms. The van der Waals surface area contributed by atoms with Crippen molar-refractivity contribution in [1.29, 1.82) is 0 Å². The first-order chi connectivity index (χ1) is 15.9. The molecule has 6 nitrogen and oxygen atoms in total. The fraction of sp³-hybridized carbons (Fsp3) is 0.692. The molecule has 0 radical (unpaired) electrons. The number of rotatable bonds is 7. The average Bonchev–Trinajstić information content (AvgIpc) is 2.76. The molecular weight excluding hydrogens is 436 g/mol. The van der Waals surface area contributed by atoms with Crippen molar-refractivity contribution < 1.29 is 9.59 Å². The van der Waals surface area contributed by atoms with E-state index >= 15 is 0 Å². The summed E-state index contributed by atoms with van der Waals surface area (Å²) in [5.41, 5.74) is 1.68. The number of carbonyl (C=O) groups excluding carboxylic acids is 2. The Morgan fingerprint density at radius 1 is 1.03 bits per heavy atom. The maximum atomic E-state index is 13.1. The van der Waals surface area contributed by atoms with Gasteiger partial charge in [0.15, 0.2) is 0 Å². The van der Waals surface area contributed by atoms with E-state index in [9.17, 15) is 9.59 Å². The highest BCUT2D eigenvalue weighted by atomic mass is 35.5. The van der Waals surface area contributed by atoms with Crippen molar-refractivity contribution in [3.05, 3.63) is 23.2 Å². The summed E-state index contributed by atoms with van der Waals surface area (Å²) in [6.45, 7) is 4.42. The number of piperazine rings is 1. The van der Waals surface area contributed by atoms with Gasteiger partial charge in [-0.2, -0.15) is 0 Å². The summed E-state index contributed by atoms with van der Waals surface area (Å²) in [6, 6.07) is 5.71. The highest BCUT2D eigenvalue weighted by Crippen LogP contribution is 2.60. The van der Waals surface area contributed by atoms with Crippen molar-refractivity contribution in [2.24, 2.45) is 23.2 Å². The second kappa shape index (κ2) is 9.46. The SMILES string of the molecule is CN1CCN(c2ccc(Cl)cc2NC(=O)CCCNC(=O)C23CC4CC(CC(C4)C2)C3)CC1. The number of carbonyl (C=O) groups is 2. The molecule has 1 aliphatic heterocycles. The van der Waals surface area contributed by atoms with Crippen molar-refractivity contribution in [2.45, 2.75) is 51.4 Å². The highest BCUT2D eigenvalue weighted by Gasteiger charge is 2.54. The molecule has 2 N–H and O–H groups in total. The Hall–Kier alpha value is -1.79. The Morgan fingerprint density at radius 2 is 1.67 bits per heavy atom. The lowest BCUT2D eigenvalue weighted by Crippen LogP contribution is -2.53. The molecule has 2 amide bonds. The van der Waals surface area contributed by atoms with Gasteiger partial charge in [-0.1, -0.05) is 11.6 Å². The zero-order chi connectivity index (χ0) is 23.0. The average molecular weight is 473 g/mol. The van der Waals surface area contributed by atoms with Crippen LogP contribution in [0.4, 0.5) is 11.4 Å². The molecule has 1 aromatic rings. The molecule has 5 fully saturated rings. The smallest absolute Gasteiger partial charge is 0.226 e. The Bertz CT molecular complexity index is 861. The Labute approximate surface area is 202 Å². The molecule has 4 saturated carbocycles. The molecule has 5 aliphatic rings. The summed E-state index contributed by atoms with van der Waals surface area (Å²) in [5, 5.41) is 6.86. The third kappa shape index (κ3) is 5.02. The van der Waals surface area contributed by atoms with Gasteiger partial charge in [0, 0.05) is 49.6 Å². The Balaban J connectivity index is 1.11. The zero-order valence-electron chi connectivity index (χ0n) is 19.7. The van der Waals surface area contributed by atoms with E-state index in [1.54, 1.807) is 0 Å². The largest absolute Gasteiger partial charge is 0.367 e. The monoisotopic (exact) mass is 472 g/mol. The number of amides is 2. The van der Waals surface area contributed by atoms with E-state index in [0.717, 1.165) is 74.6 Å². The lowest BCUT2D eigenvalue weighted by Gasteiger charge is -2.55. The molecule has 1 saturated heterocycles. The van der Waals surface area contributed by atoms with E-state index in [-0.39, 0.29) is 17.2 Å². The first kappa shape index (κ1) is 23.0. The summed E-state index contributed by atoms with van der Waals surface area (Å²) >= 11 is 6.23. The molecule has 0 spiro atoms. The quantitative estimate of drug-likeness (QED) is 0.585. The van der Waals surface area contributed by atoms with E-state index in [4.69, 9.17) is 11.6 Å². The lowest BCUT2D eigenvalue weighted by molar-refractivity contribution is -0.146. The highest BCUT2D eigenvalue weighted by molar-refractivity contribution is 6.31. The number of nitrogens with zero attached hydrogens (tertiary/aromatic N) is 2. The standard InChI is InChI=1S/C26H37ClN4O2/c1-30-7-9-31(10-8-30)23-5-4-21(27)14-22(23)29-24(32)3-2-6-28-25(33)26-15-18-11-19(16-26)13-20(12-18)17-26/h4-5,14,18-20H,2-3,6-13,15-17H2,1H3,(H,28,33)(H,29,32). The number of hydrogen-bond donors (Lipinski definition) is 2. The molecule has 1 aromatic carbocycles. The lowest BCUT2D eigenvalue weighted by atomic mass is 9.49. The van der Waals surface area contributed by atoms with Gasteiger partial charge in [-0.25, -0.2) is 0 Å². The van der Waals surface area contributed by atoms with Crippen LogP contribution in [0.25, 0.3) is 0 Å². The predicted molar refractivity (Wildman–Crippen MR) is 133 cm³/mol. The summed E-state index contributed by atoms with van der Waals surface area (Å²) in [7, 11) is 2.13. The number of anilines is 2. The van der Waals surface area contributed by atoms with Crippen LogP contribution in [0.1, 0.15) is 51.4 Å². The minimum atomic E-state index is -0.116. The van der Waals surface area contributed by atoms with Crippen molar-refractivity contribution in [3.63, 3.8) is 0 Å². The number of benzene rings is 1. The molecule has 7 heteroatoms. The van der Waals surface area contributed by atoms with Crippen LogP contribution >= 0.6 is 11.6 Å². The van der Waals surface area contributed by atoms with Gasteiger partial charge in [-0.3, -0.25) is 9.59 Å². The van der Waals surface area contributed by atoms with Gasteiger partial charge in [0.1, 0.15) is 0 Å². The number of likely N-dealkylation sites (N-methyl/N-ethyl adjacent to an activating group) is 1. The van der Waals surface area contributed by atoms with Crippen LogP contribution in [-0.2, 0) is 9.59 Å². The van der Waals surface area contributed by atoms with E-state index < -0.39 is 0 Å². The van der Waals surface area contributed by atoms with Crippen LogP contribution in [0.3, 0.4) is 0 Å².